The van der Waals surface area contributed by atoms with E-state index in [1.165, 1.54) is 0 Å². The minimum Gasteiger partial charge on any atom is -0.386 e. The first-order valence-electron chi connectivity index (χ1n) is 6.77. The van der Waals surface area contributed by atoms with Crippen molar-refractivity contribution >= 4 is 5.91 Å². The number of aliphatic hydroxyl groups is 1. The number of benzene rings is 1. The number of hydrogen-bond donors (Lipinski definition) is 1. The number of carbonyl (C=O) groups is 1. The molecule has 1 heterocycles. The van der Waals surface area contributed by atoms with Crippen molar-refractivity contribution in [2.75, 3.05) is 19.7 Å². The standard InChI is InChI=1S/C15H21NO3/c1-12(17)16-9-7-14(8-10-16)19-11-15(18)13-5-3-2-4-6-13/h2-6,14-15,18H,7-11H2,1H3/t15-/m1/s1. The van der Waals surface area contributed by atoms with E-state index in [0.717, 1.165) is 31.5 Å². The van der Waals surface area contributed by atoms with E-state index < -0.39 is 6.10 Å². The topological polar surface area (TPSA) is 49.8 Å². The number of amides is 1. The molecule has 104 valence electrons. The largest absolute Gasteiger partial charge is 0.386 e. The van der Waals surface area contributed by atoms with Gasteiger partial charge >= 0.3 is 0 Å². The fourth-order valence-corrected chi connectivity index (χ4v) is 2.34. The van der Waals surface area contributed by atoms with Gasteiger partial charge in [-0.1, -0.05) is 30.3 Å². The average molecular weight is 263 g/mol. The maximum Gasteiger partial charge on any atom is 0.219 e. The lowest BCUT2D eigenvalue weighted by molar-refractivity contribution is -0.131. The third kappa shape index (κ3) is 4.04. The minimum atomic E-state index is -0.577. The van der Waals surface area contributed by atoms with Crippen LogP contribution < -0.4 is 0 Å². The molecule has 19 heavy (non-hydrogen) atoms. The first kappa shape index (κ1) is 14.0. The van der Waals surface area contributed by atoms with E-state index in [1.807, 2.05) is 35.2 Å². The Bertz CT molecular complexity index is 399. The maximum absolute atomic E-state index is 11.2. The SMILES string of the molecule is CC(=O)N1CCC(OC[C@@H](O)c2ccccc2)CC1. The number of hydrogen-bond acceptors (Lipinski definition) is 3. The molecular weight excluding hydrogens is 242 g/mol. The van der Waals surface area contributed by atoms with Gasteiger partial charge in [-0.3, -0.25) is 4.79 Å². The Labute approximate surface area is 114 Å². The van der Waals surface area contributed by atoms with Gasteiger partial charge in [-0.25, -0.2) is 0 Å². The molecule has 0 aliphatic carbocycles. The van der Waals surface area contributed by atoms with Crippen molar-refractivity contribution in [3.05, 3.63) is 35.9 Å². The number of likely N-dealkylation sites (tertiary alicyclic amines) is 1. The molecule has 1 aliphatic rings. The second kappa shape index (κ2) is 6.68. The molecule has 0 spiro atoms. The number of ether oxygens (including phenoxy) is 1. The molecule has 0 aromatic heterocycles. The fourth-order valence-electron chi connectivity index (χ4n) is 2.34. The zero-order valence-corrected chi connectivity index (χ0v) is 11.3. The fraction of sp³-hybridized carbons (Fsp3) is 0.533. The van der Waals surface area contributed by atoms with Crippen LogP contribution in [0.4, 0.5) is 0 Å². The molecule has 0 radical (unpaired) electrons. The second-order valence-corrected chi connectivity index (χ2v) is 4.97. The van der Waals surface area contributed by atoms with Gasteiger partial charge in [0, 0.05) is 20.0 Å². The van der Waals surface area contributed by atoms with Crippen molar-refractivity contribution in [2.24, 2.45) is 0 Å². The predicted molar refractivity (Wildman–Crippen MR) is 72.6 cm³/mol. The highest BCUT2D eigenvalue weighted by Crippen LogP contribution is 2.18. The molecule has 1 saturated heterocycles. The van der Waals surface area contributed by atoms with Crippen LogP contribution in [0.3, 0.4) is 0 Å². The number of rotatable bonds is 4. The molecule has 1 atom stereocenters. The third-order valence-corrected chi connectivity index (χ3v) is 3.56. The molecule has 2 rings (SSSR count). The molecule has 4 heteroatoms. The van der Waals surface area contributed by atoms with Crippen LogP contribution in [0.2, 0.25) is 0 Å². The third-order valence-electron chi connectivity index (χ3n) is 3.56. The lowest BCUT2D eigenvalue weighted by Gasteiger charge is -2.31. The van der Waals surface area contributed by atoms with Crippen molar-refractivity contribution in [3.63, 3.8) is 0 Å². The summed E-state index contributed by atoms with van der Waals surface area (Å²) in [4.78, 5) is 13.0. The van der Waals surface area contributed by atoms with Gasteiger partial charge in [0.25, 0.3) is 0 Å². The highest BCUT2D eigenvalue weighted by atomic mass is 16.5. The summed E-state index contributed by atoms with van der Waals surface area (Å²) in [7, 11) is 0. The summed E-state index contributed by atoms with van der Waals surface area (Å²) in [5.74, 6) is 0.128. The van der Waals surface area contributed by atoms with E-state index in [9.17, 15) is 9.90 Å². The smallest absolute Gasteiger partial charge is 0.219 e. The lowest BCUT2D eigenvalue weighted by atomic mass is 10.1. The van der Waals surface area contributed by atoms with Crippen LogP contribution in [-0.4, -0.2) is 41.7 Å². The summed E-state index contributed by atoms with van der Waals surface area (Å²) in [5, 5.41) is 10.0. The first-order valence-corrected chi connectivity index (χ1v) is 6.77. The molecule has 1 aromatic carbocycles. The highest BCUT2D eigenvalue weighted by molar-refractivity contribution is 5.73. The molecule has 1 aromatic rings. The Hall–Kier alpha value is -1.39. The number of carbonyl (C=O) groups excluding carboxylic acids is 1. The van der Waals surface area contributed by atoms with E-state index in [1.54, 1.807) is 6.92 Å². The van der Waals surface area contributed by atoms with Crippen molar-refractivity contribution in [1.29, 1.82) is 0 Å². The first-order chi connectivity index (χ1) is 9.16. The zero-order chi connectivity index (χ0) is 13.7. The highest BCUT2D eigenvalue weighted by Gasteiger charge is 2.21. The minimum absolute atomic E-state index is 0.128. The molecule has 0 bridgehead atoms. The zero-order valence-electron chi connectivity index (χ0n) is 11.3. The molecule has 1 N–H and O–H groups in total. The molecule has 1 fully saturated rings. The van der Waals surface area contributed by atoms with Crippen molar-refractivity contribution < 1.29 is 14.6 Å². The summed E-state index contributed by atoms with van der Waals surface area (Å²) in [6.45, 7) is 3.41. The Kier molecular flexibility index (Phi) is 4.93. The van der Waals surface area contributed by atoms with E-state index in [4.69, 9.17) is 4.74 Å². The van der Waals surface area contributed by atoms with Gasteiger partial charge < -0.3 is 14.7 Å². The Morgan fingerprint density at radius 1 is 1.37 bits per heavy atom. The quantitative estimate of drug-likeness (QED) is 0.900. The van der Waals surface area contributed by atoms with Crippen LogP contribution in [-0.2, 0) is 9.53 Å². The van der Waals surface area contributed by atoms with Crippen LogP contribution in [0.1, 0.15) is 31.4 Å². The van der Waals surface area contributed by atoms with Crippen LogP contribution in [0.25, 0.3) is 0 Å². The summed E-state index contributed by atoms with van der Waals surface area (Å²) in [6.07, 6.45) is 1.27. The van der Waals surface area contributed by atoms with Crippen LogP contribution >= 0.6 is 0 Å². The summed E-state index contributed by atoms with van der Waals surface area (Å²) in [6, 6.07) is 9.53. The Balaban J connectivity index is 1.73. The molecule has 4 nitrogen and oxygen atoms in total. The molecule has 1 aliphatic heterocycles. The van der Waals surface area contributed by atoms with Gasteiger partial charge in [0.2, 0.25) is 5.91 Å². The summed E-state index contributed by atoms with van der Waals surface area (Å²) >= 11 is 0. The summed E-state index contributed by atoms with van der Waals surface area (Å²) < 4.78 is 5.74. The van der Waals surface area contributed by atoms with E-state index in [-0.39, 0.29) is 12.0 Å². The number of piperidine rings is 1. The van der Waals surface area contributed by atoms with Gasteiger partial charge in [0.1, 0.15) is 6.10 Å². The normalized spacial score (nSPS) is 18.3. The van der Waals surface area contributed by atoms with Crippen molar-refractivity contribution in [2.45, 2.75) is 32.0 Å². The van der Waals surface area contributed by atoms with E-state index >= 15 is 0 Å². The van der Waals surface area contributed by atoms with Gasteiger partial charge in [0.15, 0.2) is 0 Å². The second-order valence-electron chi connectivity index (χ2n) is 4.97. The Morgan fingerprint density at radius 3 is 2.58 bits per heavy atom. The van der Waals surface area contributed by atoms with Crippen LogP contribution in [0.15, 0.2) is 30.3 Å². The maximum atomic E-state index is 11.2. The van der Waals surface area contributed by atoms with Crippen molar-refractivity contribution in [1.82, 2.24) is 4.90 Å². The molecule has 1 amide bonds. The van der Waals surface area contributed by atoms with E-state index in [0.29, 0.717) is 6.61 Å². The van der Waals surface area contributed by atoms with Gasteiger partial charge in [0.05, 0.1) is 12.7 Å². The summed E-state index contributed by atoms with van der Waals surface area (Å²) in [5.41, 5.74) is 0.878. The van der Waals surface area contributed by atoms with Crippen LogP contribution in [0, 0.1) is 0 Å². The monoisotopic (exact) mass is 263 g/mol. The van der Waals surface area contributed by atoms with E-state index in [2.05, 4.69) is 0 Å². The number of nitrogens with zero attached hydrogens (tertiary/aromatic N) is 1. The molecule has 0 saturated carbocycles. The lowest BCUT2D eigenvalue weighted by Crippen LogP contribution is -2.40. The Morgan fingerprint density at radius 2 is 2.00 bits per heavy atom. The molecule has 0 unspecified atom stereocenters. The van der Waals surface area contributed by atoms with Crippen LogP contribution in [0.5, 0.6) is 0 Å². The van der Waals surface area contributed by atoms with Gasteiger partial charge in [-0.05, 0) is 18.4 Å². The average Bonchev–Trinajstić information content (AvgIpc) is 2.46. The van der Waals surface area contributed by atoms with Crippen molar-refractivity contribution in [3.8, 4) is 0 Å². The predicted octanol–water partition coefficient (Wildman–Crippen LogP) is 1.75. The van der Waals surface area contributed by atoms with Gasteiger partial charge in [-0.2, -0.15) is 0 Å². The number of aliphatic hydroxyl groups excluding tert-OH is 1. The molecular formula is C15H21NO3. The van der Waals surface area contributed by atoms with Gasteiger partial charge in [-0.15, -0.1) is 0 Å².